The van der Waals surface area contributed by atoms with Gasteiger partial charge in [-0.1, -0.05) is 66.7 Å². The highest BCUT2D eigenvalue weighted by Gasteiger charge is 2.16. The third-order valence-electron chi connectivity index (χ3n) is 6.39. The number of hydrogen-bond acceptors (Lipinski definition) is 3. The minimum absolute atomic E-state index is 0. The number of nitrogens with zero attached hydrogens (tertiary/aromatic N) is 2. The lowest BCUT2D eigenvalue weighted by molar-refractivity contribution is 0.0792. The van der Waals surface area contributed by atoms with E-state index in [1.54, 1.807) is 0 Å². The zero-order chi connectivity index (χ0) is 23.0. The molecule has 0 spiro atoms. The summed E-state index contributed by atoms with van der Waals surface area (Å²) in [4.78, 5) is 7.26. The number of piperidine rings is 1. The number of nitrogens with one attached hydrogen (secondary N) is 2. The van der Waals surface area contributed by atoms with E-state index in [4.69, 9.17) is 4.99 Å². The van der Waals surface area contributed by atoms with E-state index in [1.807, 2.05) is 0 Å². The number of aliphatic hydroxyl groups excluding tert-OH is 1. The lowest BCUT2D eigenvalue weighted by Gasteiger charge is -2.29. The molecule has 5 nitrogen and oxygen atoms in total. The van der Waals surface area contributed by atoms with Crippen LogP contribution in [0.25, 0.3) is 10.8 Å². The van der Waals surface area contributed by atoms with Gasteiger partial charge in [0, 0.05) is 26.2 Å². The Morgan fingerprint density at radius 1 is 1.00 bits per heavy atom. The van der Waals surface area contributed by atoms with Crippen molar-refractivity contribution in [2.24, 2.45) is 4.99 Å². The number of likely N-dealkylation sites (tertiary alicyclic amines) is 1. The van der Waals surface area contributed by atoms with Crippen molar-refractivity contribution in [1.29, 1.82) is 0 Å². The molecule has 3 N–H and O–H groups in total. The van der Waals surface area contributed by atoms with Gasteiger partial charge in [0.25, 0.3) is 0 Å². The molecule has 1 fully saturated rings. The molecule has 1 saturated heterocycles. The first-order chi connectivity index (χ1) is 16.1. The quantitative estimate of drug-likeness (QED) is 0.206. The minimum Gasteiger partial charge on any atom is -0.393 e. The second-order valence-electron chi connectivity index (χ2n) is 8.95. The van der Waals surface area contributed by atoms with Crippen molar-refractivity contribution >= 4 is 40.7 Å². The topological polar surface area (TPSA) is 59.9 Å². The monoisotopic (exact) mass is 572 g/mol. The van der Waals surface area contributed by atoms with Crippen LogP contribution in [0.4, 0.5) is 0 Å². The number of fused-ring (bicyclic) bond motifs is 1. The molecule has 0 amide bonds. The fraction of sp³-hybridized carbons (Fsp3) is 0.393. The van der Waals surface area contributed by atoms with E-state index in [0.717, 1.165) is 45.0 Å². The Balaban J connectivity index is 0.00000324. The van der Waals surface area contributed by atoms with Gasteiger partial charge in [0.15, 0.2) is 5.96 Å². The van der Waals surface area contributed by atoms with E-state index in [1.165, 1.54) is 27.5 Å². The van der Waals surface area contributed by atoms with E-state index < -0.39 is 0 Å². The van der Waals surface area contributed by atoms with Crippen LogP contribution >= 0.6 is 24.0 Å². The van der Waals surface area contributed by atoms with Crippen LogP contribution in [-0.2, 0) is 13.1 Å². The Labute approximate surface area is 220 Å². The first kappa shape index (κ1) is 26.4. The van der Waals surface area contributed by atoms with Crippen LogP contribution < -0.4 is 10.6 Å². The third-order valence-corrected chi connectivity index (χ3v) is 6.39. The van der Waals surface area contributed by atoms with Gasteiger partial charge in [-0.05, 0) is 54.2 Å². The first-order valence-electron chi connectivity index (χ1n) is 12.1. The van der Waals surface area contributed by atoms with Crippen molar-refractivity contribution < 1.29 is 5.11 Å². The average molecular weight is 573 g/mol. The molecule has 0 radical (unpaired) electrons. The van der Waals surface area contributed by atoms with E-state index >= 15 is 0 Å². The summed E-state index contributed by atoms with van der Waals surface area (Å²) in [7, 11) is 0. The number of benzene rings is 3. The van der Waals surface area contributed by atoms with Crippen LogP contribution in [0.5, 0.6) is 0 Å². The minimum atomic E-state index is -0.121. The smallest absolute Gasteiger partial charge is 0.192 e. The van der Waals surface area contributed by atoms with Crippen LogP contribution in [0.2, 0.25) is 0 Å². The molecule has 4 rings (SSSR count). The second kappa shape index (κ2) is 13.1. The molecule has 1 unspecified atom stereocenters. The summed E-state index contributed by atoms with van der Waals surface area (Å²) >= 11 is 0. The predicted octanol–water partition coefficient (Wildman–Crippen LogP) is 5.23. The van der Waals surface area contributed by atoms with Gasteiger partial charge >= 0.3 is 0 Å². The summed E-state index contributed by atoms with van der Waals surface area (Å²) < 4.78 is 0. The molecule has 0 aliphatic carbocycles. The third kappa shape index (κ3) is 7.17. The highest BCUT2D eigenvalue weighted by Crippen LogP contribution is 2.24. The second-order valence-corrected chi connectivity index (χ2v) is 8.95. The molecule has 6 heteroatoms. The summed E-state index contributed by atoms with van der Waals surface area (Å²) in [6.07, 6.45) is 1.64. The van der Waals surface area contributed by atoms with Crippen LogP contribution in [0.15, 0.2) is 71.7 Å². The van der Waals surface area contributed by atoms with E-state index in [0.29, 0.717) is 6.54 Å². The number of rotatable bonds is 7. The fourth-order valence-corrected chi connectivity index (χ4v) is 4.49. The number of aliphatic imine (C=N–C) groups is 1. The van der Waals surface area contributed by atoms with Crippen LogP contribution in [0.3, 0.4) is 0 Å². The van der Waals surface area contributed by atoms with E-state index in [2.05, 4.69) is 96.1 Å². The molecule has 1 aliphatic heterocycles. The van der Waals surface area contributed by atoms with Gasteiger partial charge < -0.3 is 15.7 Å². The van der Waals surface area contributed by atoms with Gasteiger partial charge in [0.2, 0.25) is 0 Å². The van der Waals surface area contributed by atoms with Gasteiger partial charge in [-0.15, -0.1) is 24.0 Å². The SMILES string of the molecule is CCNC(=NCc1ccc(CN2CCC(O)CC2)cc1)NC(C)c1cccc2ccccc12.I. The average Bonchev–Trinajstić information content (AvgIpc) is 2.84. The molecule has 34 heavy (non-hydrogen) atoms. The van der Waals surface area contributed by atoms with Gasteiger partial charge in [0.1, 0.15) is 0 Å². The Morgan fingerprint density at radius 2 is 1.68 bits per heavy atom. The molecular weight excluding hydrogens is 535 g/mol. The molecule has 3 aromatic rings. The fourth-order valence-electron chi connectivity index (χ4n) is 4.49. The molecule has 1 atom stereocenters. The zero-order valence-corrected chi connectivity index (χ0v) is 22.5. The van der Waals surface area contributed by atoms with Crippen molar-refractivity contribution in [2.45, 2.75) is 51.9 Å². The lowest BCUT2D eigenvalue weighted by atomic mass is 10.00. The normalized spacial score (nSPS) is 16.1. The molecule has 1 heterocycles. The predicted molar refractivity (Wildman–Crippen MR) is 153 cm³/mol. The van der Waals surface area contributed by atoms with Crippen LogP contribution in [0.1, 0.15) is 49.4 Å². The summed E-state index contributed by atoms with van der Waals surface area (Å²) in [5.41, 5.74) is 3.78. The molecule has 182 valence electrons. The summed E-state index contributed by atoms with van der Waals surface area (Å²) in [6, 6.07) is 23.9. The summed E-state index contributed by atoms with van der Waals surface area (Å²) in [5.74, 6) is 0.828. The summed E-state index contributed by atoms with van der Waals surface area (Å²) in [5, 5.41) is 19.2. The zero-order valence-electron chi connectivity index (χ0n) is 20.2. The number of hydrogen-bond donors (Lipinski definition) is 3. The molecule has 0 saturated carbocycles. The molecule has 3 aromatic carbocycles. The lowest BCUT2D eigenvalue weighted by Crippen LogP contribution is -2.38. The van der Waals surface area contributed by atoms with Crippen molar-refractivity contribution in [3.63, 3.8) is 0 Å². The molecular formula is C28H37IN4O. The van der Waals surface area contributed by atoms with E-state index in [9.17, 15) is 5.11 Å². The van der Waals surface area contributed by atoms with Crippen molar-refractivity contribution in [3.05, 3.63) is 83.4 Å². The van der Waals surface area contributed by atoms with Gasteiger partial charge in [-0.3, -0.25) is 4.90 Å². The summed E-state index contributed by atoms with van der Waals surface area (Å²) in [6.45, 7) is 8.62. The highest BCUT2D eigenvalue weighted by atomic mass is 127. The maximum atomic E-state index is 9.69. The number of guanidine groups is 1. The first-order valence-corrected chi connectivity index (χ1v) is 12.1. The maximum Gasteiger partial charge on any atom is 0.192 e. The molecule has 0 bridgehead atoms. The molecule has 1 aliphatic rings. The largest absolute Gasteiger partial charge is 0.393 e. The Morgan fingerprint density at radius 3 is 2.41 bits per heavy atom. The van der Waals surface area contributed by atoms with Crippen molar-refractivity contribution in [3.8, 4) is 0 Å². The Bertz CT molecular complexity index is 1060. The standard InChI is InChI=1S/C28H36N4O.HI/c1-3-29-28(31-21(2)26-10-6-8-24-7-4-5-9-27(24)26)30-19-22-11-13-23(14-12-22)20-32-17-15-25(33)16-18-32;/h4-14,21,25,33H,3,15-20H2,1-2H3,(H2,29,30,31);1H. The maximum absolute atomic E-state index is 9.69. The molecule has 0 aromatic heterocycles. The van der Waals surface area contributed by atoms with Crippen molar-refractivity contribution in [2.75, 3.05) is 19.6 Å². The van der Waals surface area contributed by atoms with E-state index in [-0.39, 0.29) is 36.1 Å². The number of halogens is 1. The van der Waals surface area contributed by atoms with Crippen LogP contribution in [0, 0.1) is 0 Å². The van der Waals surface area contributed by atoms with Crippen molar-refractivity contribution in [1.82, 2.24) is 15.5 Å². The van der Waals surface area contributed by atoms with Crippen LogP contribution in [-0.4, -0.2) is 41.7 Å². The van der Waals surface area contributed by atoms with Gasteiger partial charge in [-0.25, -0.2) is 4.99 Å². The Hall–Kier alpha value is -2.16. The highest BCUT2D eigenvalue weighted by molar-refractivity contribution is 14.0. The van der Waals surface area contributed by atoms with Gasteiger partial charge in [-0.2, -0.15) is 0 Å². The van der Waals surface area contributed by atoms with Gasteiger partial charge in [0.05, 0.1) is 18.7 Å². The Kier molecular flexibility index (Phi) is 10.2. The number of aliphatic hydroxyl groups is 1.